The van der Waals surface area contributed by atoms with Crippen LogP contribution in [0.3, 0.4) is 0 Å². The third-order valence-corrected chi connectivity index (χ3v) is 7.54. The van der Waals surface area contributed by atoms with E-state index in [9.17, 15) is 39.5 Å². The summed E-state index contributed by atoms with van der Waals surface area (Å²) < 4.78 is 95.2. The lowest BCUT2D eigenvalue weighted by atomic mass is 9.85. The zero-order chi connectivity index (χ0) is 36.5. The van der Waals surface area contributed by atoms with Gasteiger partial charge in [-0.15, -0.1) is 11.3 Å². The Kier molecular flexibility index (Phi) is 13.3. The van der Waals surface area contributed by atoms with E-state index in [4.69, 9.17) is 34.7 Å². The smallest absolute Gasteiger partial charge is 0.475 e. The summed E-state index contributed by atoms with van der Waals surface area (Å²) in [6, 6.07) is 13.0. The van der Waals surface area contributed by atoms with Crippen LogP contribution >= 0.6 is 11.3 Å². The molecule has 10 nitrogen and oxygen atoms in total. The van der Waals surface area contributed by atoms with Crippen LogP contribution in [-0.2, 0) is 32.9 Å². The maximum absolute atomic E-state index is 10.6. The van der Waals surface area contributed by atoms with E-state index in [1.165, 1.54) is 33.1 Å². The molecule has 1 atom stereocenters. The number of anilines is 1. The minimum Gasteiger partial charge on any atom is -0.475 e. The van der Waals surface area contributed by atoms with E-state index in [-0.39, 0.29) is 5.41 Å². The number of hydrogen-bond acceptors (Lipinski definition) is 8. The van der Waals surface area contributed by atoms with Crippen LogP contribution in [0.25, 0.3) is 0 Å². The Hall–Kier alpha value is -4.46. The number of thiophene rings is 1. The SMILES string of the molecule is Cc1ccc(CN2CCC3(C2)CN(Cc2cccnc2)c2cccnc23)s1.O=C(O)C(F)(F)F.O=C(O)C(F)(F)F.O=C(O)C(F)(F)F. The van der Waals surface area contributed by atoms with Crippen molar-refractivity contribution in [1.82, 2.24) is 14.9 Å². The second-order valence-corrected chi connectivity index (χ2v) is 11.6. The van der Waals surface area contributed by atoms with E-state index in [2.05, 4.69) is 52.0 Å². The molecule has 3 aromatic heterocycles. The first-order chi connectivity index (χ1) is 22.0. The van der Waals surface area contributed by atoms with E-state index in [1.807, 2.05) is 36.0 Å². The van der Waals surface area contributed by atoms with Gasteiger partial charge in [-0.25, -0.2) is 14.4 Å². The molecule has 5 heterocycles. The molecule has 3 aromatic rings. The van der Waals surface area contributed by atoms with Crippen molar-refractivity contribution in [3.8, 4) is 0 Å². The van der Waals surface area contributed by atoms with Crippen molar-refractivity contribution in [1.29, 1.82) is 0 Å². The summed E-state index contributed by atoms with van der Waals surface area (Å²) in [5.74, 6) is -8.27. The Morgan fingerprint density at radius 1 is 0.812 bits per heavy atom. The molecule has 0 saturated carbocycles. The van der Waals surface area contributed by atoms with E-state index < -0.39 is 36.4 Å². The Morgan fingerprint density at radius 3 is 1.81 bits per heavy atom. The van der Waals surface area contributed by atoms with Gasteiger partial charge in [-0.2, -0.15) is 39.5 Å². The number of halogens is 9. The molecule has 48 heavy (non-hydrogen) atoms. The fraction of sp³-hybridized carbons (Fsp3) is 0.393. The molecule has 1 unspecified atom stereocenters. The van der Waals surface area contributed by atoms with E-state index in [1.54, 1.807) is 0 Å². The number of carboxylic acids is 3. The van der Waals surface area contributed by atoms with Gasteiger partial charge in [0.15, 0.2) is 0 Å². The van der Waals surface area contributed by atoms with Gasteiger partial charge in [-0.3, -0.25) is 14.9 Å². The molecule has 3 N–H and O–H groups in total. The fourth-order valence-electron chi connectivity index (χ4n) is 4.65. The number of hydrogen-bond donors (Lipinski definition) is 3. The highest BCUT2D eigenvalue weighted by molar-refractivity contribution is 7.11. The lowest BCUT2D eigenvalue weighted by molar-refractivity contribution is -0.193. The van der Waals surface area contributed by atoms with Crippen molar-refractivity contribution >= 4 is 34.9 Å². The Labute approximate surface area is 270 Å². The zero-order valence-electron chi connectivity index (χ0n) is 24.6. The molecule has 0 radical (unpaired) electrons. The number of fused-ring (bicyclic) bond motifs is 2. The third-order valence-electron chi connectivity index (χ3n) is 6.56. The molecule has 0 aliphatic carbocycles. The van der Waals surface area contributed by atoms with Gasteiger partial charge in [0.05, 0.1) is 11.4 Å². The zero-order valence-corrected chi connectivity index (χ0v) is 25.4. The second kappa shape index (κ2) is 16.1. The fourth-order valence-corrected chi connectivity index (χ4v) is 5.58. The van der Waals surface area contributed by atoms with Crippen LogP contribution in [0.5, 0.6) is 0 Å². The molecule has 20 heteroatoms. The van der Waals surface area contributed by atoms with Crippen molar-refractivity contribution in [3.63, 3.8) is 0 Å². The number of carbonyl (C=O) groups is 3. The number of aliphatic carboxylic acids is 3. The van der Waals surface area contributed by atoms with Crippen molar-refractivity contribution in [2.24, 2.45) is 0 Å². The number of nitrogens with zero attached hydrogens (tertiary/aromatic N) is 4. The Bertz CT molecular complexity index is 1480. The van der Waals surface area contributed by atoms with Crippen molar-refractivity contribution in [3.05, 3.63) is 76.0 Å². The van der Waals surface area contributed by atoms with Gasteiger partial charge >= 0.3 is 36.4 Å². The van der Waals surface area contributed by atoms with Gasteiger partial charge < -0.3 is 20.2 Å². The molecule has 2 aliphatic rings. The number of alkyl halides is 9. The lowest BCUT2D eigenvalue weighted by Gasteiger charge is -2.26. The third kappa shape index (κ3) is 12.0. The van der Waals surface area contributed by atoms with Crippen LogP contribution in [0.2, 0.25) is 0 Å². The standard InChI is InChI=1S/C22H24N4S.3C2HF3O2/c1-17-6-7-19(27-17)14-25-11-8-22(15-25)16-26(13-18-4-2-9-23-12-18)20-5-3-10-24-21(20)22;3*3-2(4,5)1(6)7/h2-7,9-10,12H,8,11,13-16H2,1H3;3*(H,6,7). The molecule has 264 valence electrons. The van der Waals surface area contributed by atoms with Crippen LogP contribution < -0.4 is 4.90 Å². The van der Waals surface area contributed by atoms with Crippen LogP contribution in [0.1, 0.15) is 27.4 Å². The van der Waals surface area contributed by atoms with Crippen molar-refractivity contribution in [2.45, 2.75) is 50.4 Å². The first-order valence-electron chi connectivity index (χ1n) is 13.3. The first kappa shape index (κ1) is 39.7. The first-order valence-corrected chi connectivity index (χ1v) is 14.1. The highest BCUT2D eigenvalue weighted by Crippen LogP contribution is 2.46. The van der Waals surface area contributed by atoms with Gasteiger partial charge in [0.2, 0.25) is 0 Å². The predicted octanol–water partition coefficient (Wildman–Crippen LogP) is 5.91. The molecule has 0 bridgehead atoms. The summed E-state index contributed by atoms with van der Waals surface area (Å²) in [5, 5.41) is 21.4. The highest BCUT2D eigenvalue weighted by Gasteiger charge is 2.48. The van der Waals surface area contributed by atoms with E-state index in [0.717, 1.165) is 32.7 Å². The van der Waals surface area contributed by atoms with Crippen LogP contribution in [0.4, 0.5) is 45.2 Å². The van der Waals surface area contributed by atoms with Crippen LogP contribution in [-0.4, -0.2) is 86.3 Å². The molecule has 1 fully saturated rings. The maximum Gasteiger partial charge on any atom is 0.490 e. The van der Waals surface area contributed by atoms with Gasteiger partial charge in [0, 0.05) is 59.9 Å². The normalized spacial score (nSPS) is 17.2. The van der Waals surface area contributed by atoms with Crippen molar-refractivity contribution < 1.29 is 69.2 Å². The molecule has 1 spiro atoms. The lowest BCUT2D eigenvalue weighted by Crippen LogP contribution is -2.36. The Morgan fingerprint density at radius 2 is 1.35 bits per heavy atom. The van der Waals surface area contributed by atoms with E-state index >= 15 is 0 Å². The summed E-state index contributed by atoms with van der Waals surface area (Å²) in [5.41, 5.74) is 4.01. The van der Waals surface area contributed by atoms with Gasteiger partial charge in [-0.05, 0) is 55.8 Å². The molecule has 5 rings (SSSR count). The minimum absolute atomic E-state index is 0.158. The van der Waals surface area contributed by atoms with Gasteiger partial charge in [0.25, 0.3) is 0 Å². The van der Waals surface area contributed by atoms with Crippen LogP contribution in [0, 0.1) is 6.92 Å². The highest BCUT2D eigenvalue weighted by atomic mass is 32.1. The van der Waals surface area contributed by atoms with Crippen molar-refractivity contribution in [2.75, 3.05) is 24.5 Å². The second-order valence-electron chi connectivity index (χ2n) is 10.3. The molecule has 0 amide bonds. The summed E-state index contributed by atoms with van der Waals surface area (Å²) in [6.07, 6.45) is -8.29. The maximum atomic E-state index is 10.6. The monoisotopic (exact) mass is 718 g/mol. The summed E-state index contributed by atoms with van der Waals surface area (Å²) in [4.78, 5) is 43.8. The van der Waals surface area contributed by atoms with Gasteiger partial charge in [0.1, 0.15) is 0 Å². The quantitative estimate of drug-likeness (QED) is 0.279. The molecule has 2 aliphatic heterocycles. The average molecular weight is 719 g/mol. The number of rotatable bonds is 4. The number of likely N-dealkylation sites (tertiary alicyclic amines) is 1. The van der Waals surface area contributed by atoms with E-state index in [0.29, 0.717) is 0 Å². The van der Waals surface area contributed by atoms with Crippen LogP contribution in [0.15, 0.2) is 55.0 Å². The van der Waals surface area contributed by atoms with Gasteiger partial charge in [-0.1, -0.05) is 6.07 Å². The summed E-state index contributed by atoms with van der Waals surface area (Å²) in [6.45, 7) is 7.44. The number of aryl methyl sites for hydroxylation is 1. The minimum atomic E-state index is -5.08. The summed E-state index contributed by atoms with van der Waals surface area (Å²) >= 11 is 1.92. The number of aromatic nitrogens is 2. The molecule has 1 saturated heterocycles. The summed E-state index contributed by atoms with van der Waals surface area (Å²) in [7, 11) is 0. The largest absolute Gasteiger partial charge is 0.490 e. The molecular weight excluding hydrogens is 691 g/mol. The topological polar surface area (TPSA) is 144 Å². The number of carboxylic acid groups (broad SMARTS) is 3. The number of pyridine rings is 2. The molecular formula is C28H27F9N4O6S. The molecule has 0 aromatic carbocycles. The average Bonchev–Trinajstić information content (AvgIpc) is 3.66. The predicted molar refractivity (Wildman–Crippen MR) is 151 cm³/mol. The Balaban J connectivity index is 0.000000313.